The van der Waals surface area contributed by atoms with E-state index >= 15 is 0 Å². The summed E-state index contributed by atoms with van der Waals surface area (Å²) >= 11 is 0. The first-order valence-corrected chi connectivity index (χ1v) is 16.4. The molecule has 51 heavy (non-hydrogen) atoms. The molecule has 0 aromatic carbocycles. The van der Waals surface area contributed by atoms with Crippen molar-refractivity contribution >= 4 is 58.6 Å². The number of ketones is 1. The summed E-state index contributed by atoms with van der Waals surface area (Å²) in [5.74, 6) is -1.86. The van der Waals surface area contributed by atoms with Crippen molar-refractivity contribution in [3.8, 4) is 0 Å². The number of halogens is 1. The summed E-state index contributed by atoms with van der Waals surface area (Å²) in [7, 11) is 2.49. The van der Waals surface area contributed by atoms with Crippen LogP contribution in [-0.4, -0.2) is 112 Å². The van der Waals surface area contributed by atoms with E-state index in [4.69, 9.17) is 13.6 Å². The number of hydrogen-bond acceptors (Lipinski definition) is 13. The maximum Gasteiger partial charge on any atom is 2.00 e. The number of carbonyl (C=O) groups is 6. The number of rotatable bonds is 9. The number of likely N-dealkylation sites (tertiary alicyclic amines) is 2. The monoisotopic (exact) mass is 748 g/mol. The van der Waals surface area contributed by atoms with Gasteiger partial charge in [-0.15, -0.1) is 0 Å². The Labute approximate surface area is 321 Å². The van der Waals surface area contributed by atoms with Crippen molar-refractivity contribution in [1.82, 2.24) is 19.8 Å². The van der Waals surface area contributed by atoms with E-state index < -0.39 is 53.0 Å². The normalized spacial score (nSPS) is 16.4. The fraction of sp³-hybridized carbons (Fsp3) is 0.618. The molecule has 0 saturated carbocycles. The van der Waals surface area contributed by atoms with Crippen LogP contribution < -0.4 is 12.4 Å². The van der Waals surface area contributed by atoms with Crippen LogP contribution >= 0.6 is 0 Å². The Hall–Kier alpha value is -3.50. The number of oxazole rings is 2. The Morgan fingerprint density at radius 1 is 0.824 bits per heavy atom. The van der Waals surface area contributed by atoms with Crippen LogP contribution in [0.1, 0.15) is 132 Å². The summed E-state index contributed by atoms with van der Waals surface area (Å²) in [5.41, 5.74) is -0.637. The number of Topliss-reactive ketones (excluding diaryl/α,β-unsaturated/α-hetero) is 1. The summed E-state index contributed by atoms with van der Waals surface area (Å²) in [4.78, 5) is 82.6. The van der Waals surface area contributed by atoms with Gasteiger partial charge < -0.3 is 51.2 Å². The number of hydrogen-bond donors (Lipinski definition) is 0. The molecule has 2 saturated heterocycles. The van der Waals surface area contributed by atoms with E-state index in [2.05, 4.69) is 40.2 Å². The molecule has 0 N–H and O–H groups in total. The third kappa shape index (κ3) is 12.3. The van der Waals surface area contributed by atoms with Gasteiger partial charge >= 0.3 is 46.9 Å². The quantitative estimate of drug-likeness (QED) is 0.118. The minimum atomic E-state index is -0.913. The predicted octanol–water partition coefficient (Wildman–Crippen LogP) is 1.45. The summed E-state index contributed by atoms with van der Waals surface area (Å²) in [6.45, 7) is 14.4. The molecule has 2 atom stereocenters. The summed E-state index contributed by atoms with van der Waals surface area (Å²) in [5, 5.41) is 0. The molecule has 0 bridgehead atoms. The largest absolute Gasteiger partial charge is 2.00 e. The van der Waals surface area contributed by atoms with E-state index in [1.165, 1.54) is 36.4 Å². The number of esters is 3. The van der Waals surface area contributed by atoms with Crippen LogP contribution in [0.3, 0.4) is 0 Å². The topological polar surface area (TPSA) is 189 Å². The zero-order valence-electron chi connectivity index (χ0n) is 31.0. The van der Waals surface area contributed by atoms with E-state index in [-0.39, 0.29) is 65.0 Å². The van der Waals surface area contributed by atoms with Gasteiger partial charge in [0.15, 0.2) is 35.7 Å². The van der Waals surface area contributed by atoms with Gasteiger partial charge in [0.05, 0.1) is 32.9 Å². The zero-order chi connectivity index (χ0) is 36.9. The summed E-state index contributed by atoms with van der Waals surface area (Å²) < 4.78 is 24.6. The average Bonchev–Trinajstić information content (AvgIpc) is 3.93. The number of aromatic nitrogens is 2. The van der Waals surface area contributed by atoms with E-state index in [1.54, 1.807) is 20.8 Å². The van der Waals surface area contributed by atoms with Gasteiger partial charge in [0, 0.05) is 18.5 Å². The second kappa shape index (κ2) is 22.4. The van der Waals surface area contributed by atoms with Gasteiger partial charge in [-0.1, -0.05) is 27.7 Å². The van der Waals surface area contributed by atoms with Crippen LogP contribution in [0.4, 0.5) is 0 Å². The fourth-order valence-corrected chi connectivity index (χ4v) is 4.94. The minimum Gasteiger partial charge on any atom is -1.00 e. The SMILES string of the molecule is CCC(C)(C)C(=O)C(=O)N1CCC[C@H]1c1ocnc1C(=O)OC.CCOC(=O)C(=O)N1CCC[C@H]1c1ocnc1C(=O)OC.CC[C-](C)C.[Cl-].[Mg+2]. The first-order valence-electron chi connectivity index (χ1n) is 16.4. The molecule has 280 valence electrons. The predicted molar refractivity (Wildman–Crippen MR) is 179 cm³/mol. The maximum absolute atomic E-state index is 12.6. The first-order chi connectivity index (χ1) is 23.2. The molecule has 2 amide bonds. The second-order valence-corrected chi connectivity index (χ2v) is 12.3. The van der Waals surface area contributed by atoms with E-state index in [9.17, 15) is 28.8 Å². The molecule has 0 spiro atoms. The van der Waals surface area contributed by atoms with Crippen molar-refractivity contribution in [3.63, 3.8) is 0 Å². The van der Waals surface area contributed by atoms with E-state index in [1.807, 2.05) is 6.92 Å². The van der Waals surface area contributed by atoms with Crippen LogP contribution in [0.5, 0.6) is 0 Å². The molecule has 0 aliphatic carbocycles. The fourth-order valence-electron chi connectivity index (χ4n) is 4.94. The Morgan fingerprint density at radius 2 is 1.24 bits per heavy atom. The van der Waals surface area contributed by atoms with Gasteiger partial charge in [-0.25, -0.2) is 24.4 Å². The smallest absolute Gasteiger partial charge is 1.00 e. The molecule has 4 rings (SSSR count). The molecule has 2 fully saturated rings. The van der Waals surface area contributed by atoms with Crippen LogP contribution in [0.2, 0.25) is 0 Å². The zero-order valence-corrected chi connectivity index (χ0v) is 33.2. The van der Waals surface area contributed by atoms with Crippen LogP contribution in [-0.2, 0) is 33.4 Å². The van der Waals surface area contributed by atoms with Gasteiger partial charge in [-0.2, -0.15) is 20.3 Å². The molecule has 2 aliphatic rings. The molecule has 4 heterocycles. The maximum atomic E-state index is 12.6. The number of nitrogens with zero attached hydrogens (tertiary/aromatic N) is 4. The van der Waals surface area contributed by atoms with Crippen molar-refractivity contribution in [2.45, 2.75) is 99.1 Å². The van der Waals surface area contributed by atoms with E-state index in [0.717, 1.165) is 19.2 Å². The number of ether oxygens (including phenoxy) is 3. The molecule has 0 unspecified atom stereocenters. The molecular weight excluding hydrogens is 700 g/mol. The van der Waals surface area contributed by atoms with Crippen molar-refractivity contribution in [1.29, 1.82) is 0 Å². The molecule has 15 nitrogen and oxygen atoms in total. The molecule has 2 aromatic rings. The van der Waals surface area contributed by atoms with Crippen LogP contribution in [0.25, 0.3) is 0 Å². The number of carbonyl (C=O) groups excluding carboxylic acids is 6. The third-order valence-electron chi connectivity index (χ3n) is 8.43. The van der Waals surface area contributed by atoms with Gasteiger partial charge in [0.2, 0.25) is 5.78 Å². The van der Waals surface area contributed by atoms with Gasteiger partial charge in [-0.3, -0.25) is 14.4 Å². The average molecular weight is 750 g/mol. The number of methoxy groups -OCH3 is 2. The van der Waals surface area contributed by atoms with Gasteiger partial charge in [0.1, 0.15) is 0 Å². The molecular formula is C34H49ClMgN4O11. The van der Waals surface area contributed by atoms with Crippen molar-refractivity contribution in [2.24, 2.45) is 5.41 Å². The molecule has 2 aromatic heterocycles. The molecule has 17 heteroatoms. The van der Waals surface area contributed by atoms with Crippen molar-refractivity contribution in [2.75, 3.05) is 33.9 Å². The summed E-state index contributed by atoms with van der Waals surface area (Å²) in [6.07, 6.45) is 6.68. The van der Waals surface area contributed by atoms with Gasteiger partial charge in [-0.05, 0) is 39.0 Å². The van der Waals surface area contributed by atoms with Crippen LogP contribution in [0.15, 0.2) is 21.6 Å². The Bertz CT molecular complexity index is 1460. The van der Waals surface area contributed by atoms with Crippen molar-refractivity contribution in [3.05, 3.63) is 41.6 Å². The van der Waals surface area contributed by atoms with Crippen molar-refractivity contribution < 1.29 is 64.2 Å². The molecule has 0 radical (unpaired) electrons. The Balaban J connectivity index is 0.000000839. The van der Waals surface area contributed by atoms with Crippen LogP contribution in [0, 0.1) is 11.3 Å². The third-order valence-corrected chi connectivity index (χ3v) is 8.43. The van der Waals surface area contributed by atoms with E-state index in [0.29, 0.717) is 38.8 Å². The molecule has 2 aliphatic heterocycles. The number of amides is 2. The Morgan fingerprint density at radius 3 is 1.59 bits per heavy atom. The first kappa shape index (κ1) is 47.5. The standard InChI is InChI=1S/C16H22N2O5.C13H16N2O6.C5H11.ClH.Mg/c1-5-16(2,3)13(19)14(20)18-8-6-7-10(18)12-11(15(21)22-4)17-9-23-12;1-3-20-13(18)11(16)15-6-4-5-8(15)10-9(12(17)19-2)14-7-21-10;1-4-5(2)3;;/h9-10H,5-8H2,1-4H3;7-8H,3-6H2,1-2H3;4H2,1-3H3;1H;/q;;-1;;+2/p-1/t10-;8-;;;/m00.../s1. The minimum absolute atomic E-state index is 0. The second-order valence-electron chi connectivity index (χ2n) is 12.3. The summed E-state index contributed by atoms with van der Waals surface area (Å²) in [6, 6.07) is -0.978. The van der Waals surface area contributed by atoms with Gasteiger partial charge in [0.25, 0.3) is 5.91 Å². The Kier molecular flexibility index (Phi) is 20.9.